The van der Waals surface area contributed by atoms with Gasteiger partial charge in [0.1, 0.15) is 66.8 Å². The van der Waals surface area contributed by atoms with E-state index in [1.807, 2.05) is 0 Å². The highest BCUT2D eigenvalue weighted by Gasteiger charge is 2.47. The monoisotopic (exact) mass is 1160 g/mol. The summed E-state index contributed by atoms with van der Waals surface area (Å²) >= 11 is 20.1. The number of aromatic amines is 1. The van der Waals surface area contributed by atoms with Gasteiger partial charge >= 0.3 is 27.0 Å². The molecule has 0 aromatic carbocycles. The number of thiol groups is 1. The Morgan fingerprint density at radius 2 is 1.10 bits per heavy atom. The minimum Gasteiger partial charge on any atom is -0.382 e. The third-order valence-corrected chi connectivity index (χ3v) is 17.9. The number of H-pyrrole nitrogens is 1. The summed E-state index contributed by atoms with van der Waals surface area (Å²) in [7, 11) is 1.18. The maximum Gasteiger partial charge on any atom is 0.386 e. The molecule has 0 aliphatic carbocycles. The molecule has 0 spiro atoms. The Morgan fingerprint density at radius 3 is 1.58 bits per heavy atom. The number of ether oxygens (including phenoxy) is 3. The standard InChI is InChI=1S/C33H45N15O16P4S4/c1-3-55-66(51,70)62-15-4-21(46-12-41-24-27(34)37-10-39-29(24)46)60-19(15)8-57-68(53,72)64-17-6-23(48-14-43-26-31(48)44-33(36)45-32(26)49)61-20(17)9-58-67(52,71)63-16-5-22(59-18(16)7-56-65(50,69)54-2)47-13-42-25-28(35)38-11-40-30(25)47/h10-23H,3-9H2,1-2H3,(H,50,69)(H,51,70)(H,52,71)(H,53,72)(H2,34,37,39)(H2,35,38,40)(H3,36,44,45,49)/t15-,16-,17-,18-,19-,20-,21-,22-,23-,65?,66?,67?,68?/m1/s1. The Hall–Kier alpha value is -3.18. The van der Waals surface area contributed by atoms with Crippen LogP contribution in [0.3, 0.4) is 0 Å². The number of anilines is 3. The Balaban J connectivity index is 0.928. The fraction of sp³-hybridized carbons (Fsp3) is 0.545. The molecule has 6 aromatic heterocycles. The zero-order valence-electron chi connectivity index (χ0n) is 37.3. The highest BCUT2D eigenvalue weighted by atomic mass is 32.7. The highest BCUT2D eigenvalue weighted by Crippen LogP contribution is 2.58. The van der Waals surface area contributed by atoms with Crippen LogP contribution in [0.15, 0.2) is 36.4 Å². The average Bonchev–Trinajstić information content (AvgIpc) is 4.18. The quantitative estimate of drug-likeness (QED) is 0.0377. The van der Waals surface area contributed by atoms with E-state index in [-0.39, 0.29) is 61.2 Å². The van der Waals surface area contributed by atoms with Crippen molar-refractivity contribution in [3.63, 3.8) is 0 Å². The maximum absolute atomic E-state index is 14.2. The minimum absolute atomic E-state index is 0.00152. The van der Waals surface area contributed by atoms with Crippen LogP contribution >= 0.6 is 39.2 Å². The van der Waals surface area contributed by atoms with Gasteiger partial charge in [-0.15, -0.1) is 0 Å². The van der Waals surface area contributed by atoms with Gasteiger partial charge in [0.05, 0.1) is 57.6 Å². The van der Waals surface area contributed by atoms with Crippen molar-refractivity contribution in [3.8, 4) is 0 Å². The van der Waals surface area contributed by atoms with Gasteiger partial charge in [0.2, 0.25) is 5.95 Å². The van der Waals surface area contributed by atoms with E-state index in [4.69, 9.17) is 103 Å². The molecule has 4 unspecified atom stereocenters. The van der Waals surface area contributed by atoms with Gasteiger partial charge in [-0.05, 0) is 42.3 Å². The second kappa shape index (κ2) is 21.4. The molecule has 0 radical (unpaired) electrons. The molecule has 3 aliphatic rings. The van der Waals surface area contributed by atoms with Crippen LogP contribution in [0.1, 0.15) is 44.9 Å². The van der Waals surface area contributed by atoms with Gasteiger partial charge in [-0.2, -0.15) is 4.98 Å². The first-order valence-electron chi connectivity index (χ1n) is 21.2. The van der Waals surface area contributed by atoms with Crippen LogP contribution in [0, 0.1) is 0 Å². The van der Waals surface area contributed by atoms with Gasteiger partial charge in [-0.3, -0.25) is 32.5 Å². The van der Waals surface area contributed by atoms with E-state index in [1.165, 1.54) is 43.3 Å². The lowest BCUT2D eigenvalue weighted by molar-refractivity contribution is -0.0508. The third kappa shape index (κ3) is 11.9. The summed E-state index contributed by atoms with van der Waals surface area (Å²) in [5.41, 5.74) is 18.5. The van der Waals surface area contributed by atoms with E-state index in [0.717, 1.165) is 0 Å². The number of aromatic nitrogens is 12. The van der Waals surface area contributed by atoms with Crippen LogP contribution in [0.2, 0.25) is 0 Å². The van der Waals surface area contributed by atoms with Crippen LogP contribution in [-0.2, 0) is 90.4 Å². The lowest BCUT2D eigenvalue weighted by atomic mass is 10.2. The van der Waals surface area contributed by atoms with Crippen LogP contribution in [-0.4, -0.2) is 143 Å². The van der Waals surface area contributed by atoms with Crippen molar-refractivity contribution in [3.05, 3.63) is 42.0 Å². The van der Waals surface area contributed by atoms with Crippen molar-refractivity contribution in [1.82, 2.24) is 58.6 Å². The molecule has 6 aromatic rings. The molecule has 72 heavy (non-hydrogen) atoms. The highest BCUT2D eigenvalue weighted by molar-refractivity contribution is 8.44. The number of fused-ring (bicyclic) bond motifs is 3. The summed E-state index contributed by atoms with van der Waals surface area (Å²) in [6.07, 6.45) is -2.64. The summed E-state index contributed by atoms with van der Waals surface area (Å²) < 4.78 is 83.0. The van der Waals surface area contributed by atoms with E-state index < -0.39 is 101 Å². The molecule has 0 amide bonds. The average molecular weight is 1160 g/mol. The Kier molecular flexibility index (Phi) is 16.0. The van der Waals surface area contributed by atoms with Crippen LogP contribution < -0.4 is 22.8 Å². The SMILES string of the molecule is CCOP(O)(=S)O[C@@H]1C[C@H](n2cnc3c(N)ncnc32)O[C@@H]1COP(O)(=S)O[C@@H]1C[C@H](n2cnc3c(=O)[nH]c(N)nc32)O[C@@H]1COP(=O)(S)O[C@@H]1C[C@H](n2cnc3c(N)ncnc32)O[C@@H]1COP(O)(=S)OC. The zero-order valence-corrected chi connectivity index (χ0v) is 44.2. The first-order chi connectivity index (χ1) is 34.1. The third-order valence-electron chi connectivity index (χ3n) is 11.2. The van der Waals surface area contributed by atoms with E-state index >= 15 is 0 Å². The van der Waals surface area contributed by atoms with Crippen LogP contribution in [0.4, 0.5) is 17.6 Å². The van der Waals surface area contributed by atoms with E-state index in [0.29, 0.717) is 22.3 Å². The molecule has 39 heteroatoms. The second-order valence-electron chi connectivity index (χ2n) is 15.8. The van der Waals surface area contributed by atoms with Gasteiger partial charge in [-0.25, -0.2) is 39.5 Å². The van der Waals surface area contributed by atoms with Crippen molar-refractivity contribution in [2.24, 2.45) is 0 Å². The smallest absolute Gasteiger partial charge is 0.382 e. The van der Waals surface area contributed by atoms with E-state index in [1.54, 1.807) is 16.1 Å². The van der Waals surface area contributed by atoms with E-state index in [2.05, 4.69) is 57.1 Å². The molecule has 0 bridgehead atoms. The fourth-order valence-corrected chi connectivity index (χ4v) is 13.3. The predicted octanol–water partition coefficient (Wildman–Crippen LogP) is 1.99. The molecule has 31 nitrogen and oxygen atoms in total. The topological polar surface area (TPSA) is 408 Å². The number of imidazole rings is 3. The summed E-state index contributed by atoms with van der Waals surface area (Å²) in [6, 6.07) is 0. The lowest BCUT2D eigenvalue weighted by Crippen LogP contribution is -2.31. The Morgan fingerprint density at radius 1 is 0.667 bits per heavy atom. The molecular weight excluding hydrogens is 1110 g/mol. The number of nitrogens with two attached hydrogens (primary N) is 3. The normalized spacial score (nSPS) is 28.1. The first-order valence-corrected chi connectivity index (χ1v) is 31.6. The molecule has 3 saturated heterocycles. The number of hydrogen-bond donors (Lipinski definition) is 8. The Labute approximate surface area is 426 Å². The predicted molar refractivity (Wildman–Crippen MR) is 265 cm³/mol. The lowest BCUT2D eigenvalue weighted by Gasteiger charge is -2.27. The molecule has 3 aliphatic heterocycles. The number of rotatable bonds is 21. The largest absolute Gasteiger partial charge is 0.386 e. The molecule has 392 valence electrons. The maximum atomic E-state index is 14.2. The van der Waals surface area contributed by atoms with E-state index in [9.17, 15) is 24.0 Å². The number of hydrogen-bond acceptors (Lipinski definition) is 27. The summed E-state index contributed by atoms with van der Waals surface area (Å²) in [5.74, 6) is 0.0568. The minimum atomic E-state index is -4.42. The van der Waals surface area contributed by atoms with Crippen molar-refractivity contribution >= 4 is 126 Å². The zero-order chi connectivity index (χ0) is 51.3. The molecule has 10 N–H and O–H groups in total. The molecule has 9 rings (SSSR count). The number of nitrogens with zero attached hydrogens (tertiary/aromatic N) is 11. The summed E-state index contributed by atoms with van der Waals surface area (Å²) in [6.45, 7) is -16.0. The molecule has 3 fully saturated rings. The Bertz CT molecular complexity index is 3230. The fourth-order valence-electron chi connectivity index (χ4n) is 8.04. The van der Waals surface area contributed by atoms with Crippen molar-refractivity contribution in [2.45, 2.75) is 81.5 Å². The van der Waals surface area contributed by atoms with Crippen molar-refractivity contribution < 1.29 is 69.6 Å². The van der Waals surface area contributed by atoms with Crippen LogP contribution in [0.25, 0.3) is 33.5 Å². The number of nitrogens with one attached hydrogen (secondary N) is 1. The summed E-state index contributed by atoms with van der Waals surface area (Å²) in [4.78, 5) is 81.4. The van der Waals surface area contributed by atoms with Crippen molar-refractivity contribution in [2.75, 3.05) is 50.7 Å². The molecule has 0 saturated carbocycles. The summed E-state index contributed by atoms with van der Waals surface area (Å²) in [5, 5.41) is 0. The number of nitrogen functional groups attached to an aromatic ring is 3. The molecule has 9 heterocycles. The van der Waals surface area contributed by atoms with Gasteiger partial charge < -0.3 is 73.2 Å². The second-order valence-corrected chi connectivity index (χ2v) is 27.2. The van der Waals surface area contributed by atoms with Gasteiger partial charge in [-0.1, -0.05) is 12.2 Å². The molecular formula is C33H45N15O16P4S4. The van der Waals surface area contributed by atoms with Gasteiger partial charge in [0.25, 0.3) is 5.56 Å². The van der Waals surface area contributed by atoms with Gasteiger partial charge in [0, 0.05) is 26.4 Å². The van der Waals surface area contributed by atoms with Gasteiger partial charge in [0.15, 0.2) is 34.1 Å². The first kappa shape index (κ1) is 53.6. The molecule has 13 atom stereocenters. The van der Waals surface area contributed by atoms with Crippen LogP contribution in [0.5, 0.6) is 0 Å². The van der Waals surface area contributed by atoms with Crippen molar-refractivity contribution in [1.29, 1.82) is 0 Å².